The predicted molar refractivity (Wildman–Crippen MR) is 130 cm³/mol. The Bertz CT molecular complexity index is 1280. The van der Waals surface area contributed by atoms with Crippen molar-refractivity contribution in [3.05, 3.63) is 83.9 Å². The number of anilines is 2. The van der Waals surface area contributed by atoms with Crippen molar-refractivity contribution in [3.63, 3.8) is 0 Å². The highest BCUT2D eigenvalue weighted by molar-refractivity contribution is 7.92. The topological polar surface area (TPSA) is 102 Å². The third kappa shape index (κ3) is 5.55. The van der Waals surface area contributed by atoms with Crippen LogP contribution in [-0.4, -0.2) is 40.6 Å². The number of esters is 1. The van der Waals surface area contributed by atoms with Crippen molar-refractivity contribution < 1.29 is 27.5 Å². The zero-order valence-corrected chi connectivity index (χ0v) is 20.0. The number of carbonyl (C=O) groups excluding carboxylic acids is 2. The van der Waals surface area contributed by atoms with Gasteiger partial charge in [-0.25, -0.2) is 13.2 Å². The van der Waals surface area contributed by atoms with Crippen LogP contribution in [0.1, 0.15) is 22.8 Å². The highest BCUT2D eigenvalue weighted by Gasteiger charge is 2.29. The van der Waals surface area contributed by atoms with Gasteiger partial charge in [-0.15, -0.1) is 0 Å². The van der Waals surface area contributed by atoms with E-state index in [9.17, 15) is 18.0 Å². The first-order valence-corrected chi connectivity index (χ1v) is 12.0. The molecule has 0 bridgehead atoms. The van der Waals surface area contributed by atoms with Crippen molar-refractivity contribution in [2.45, 2.75) is 18.7 Å². The van der Waals surface area contributed by atoms with Crippen LogP contribution in [0.2, 0.25) is 0 Å². The Balaban J connectivity index is 1.91. The molecule has 0 aliphatic heterocycles. The lowest BCUT2D eigenvalue weighted by atomic mass is 10.1. The Kier molecular flexibility index (Phi) is 7.91. The molecule has 1 amide bonds. The second-order valence-electron chi connectivity index (χ2n) is 7.29. The number of para-hydroxylation sites is 2. The summed E-state index contributed by atoms with van der Waals surface area (Å²) in [5, 5.41) is 2.73. The Morgan fingerprint density at radius 1 is 0.971 bits per heavy atom. The highest BCUT2D eigenvalue weighted by Crippen LogP contribution is 2.32. The fraction of sp³-hybridized carbons (Fsp3) is 0.200. The van der Waals surface area contributed by atoms with Gasteiger partial charge in [0.15, 0.2) is 0 Å². The number of hydrogen-bond donors (Lipinski definition) is 1. The summed E-state index contributed by atoms with van der Waals surface area (Å²) < 4.78 is 38.3. The third-order valence-electron chi connectivity index (χ3n) is 4.98. The van der Waals surface area contributed by atoms with Gasteiger partial charge in [-0.2, -0.15) is 0 Å². The summed E-state index contributed by atoms with van der Waals surface area (Å²) in [6.07, 6.45) is 0. The van der Waals surface area contributed by atoms with Gasteiger partial charge in [0.05, 0.1) is 29.9 Å². The zero-order chi connectivity index (χ0) is 24.7. The van der Waals surface area contributed by atoms with Gasteiger partial charge in [0, 0.05) is 5.69 Å². The van der Waals surface area contributed by atoms with Crippen LogP contribution >= 0.6 is 0 Å². The SMILES string of the molecule is CCOC(=O)c1ccc(NC(=O)CN(c2ccccc2OC)S(=O)(=O)c2ccccc2)c(C)c1. The Morgan fingerprint density at radius 2 is 1.65 bits per heavy atom. The molecule has 3 rings (SSSR count). The lowest BCUT2D eigenvalue weighted by Gasteiger charge is -2.25. The van der Waals surface area contributed by atoms with E-state index in [1.807, 2.05) is 0 Å². The predicted octanol–water partition coefficient (Wildman–Crippen LogP) is 4.01. The van der Waals surface area contributed by atoms with Crippen LogP contribution in [0.4, 0.5) is 11.4 Å². The fourth-order valence-electron chi connectivity index (χ4n) is 3.32. The molecule has 0 unspecified atom stereocenters. The Labute approximate surface area is 199 Å². The molecule has 178 valence electrons. The molecule has 3 aromatic carbocycles. The second-order valence-corrected chi connectivity index (χ2v) is 9.16. The van der Waals surface area contributed by atoms with Crippen LogP contribution in [0.3, 0.4) is 0 Å². The molecule has 0 heterocycles. The van der Waals surface area contributed by atoms with Crippen molar-refractivity contribution in [1.29, 1.82) is 0 Å². The number of methoxy groups -OCH3 is 1. The van der Waals surface area contributed by atoms with Gasteiger partial charge >= 0.3 is 5.97 Å². The van der Waals surface area contributed by atoms with Crippen LogP contribution in [-0.2, 0) is 19.6 Å². The van der Waals surface area contributed by atoms with Gasteiger partial charge in [-0.1, -0.05) is 30.3 Å². The molecule has 0 atom stereocenters. The van der Waals surface area contributed by atoms with E-state index in [1.165, 1.54) is 19.2 Å². The largest absolute Gasteiger partial charge is 0.495 e. The maximum atomic E-state index is 13.5. The van der Waals surface area contributed by atoms with E-state index >= 15 is 0 Å². The van der Waals surface area contributed by atoms with Crippen molar-refractivity contribution in [1.82, 2.24) is 0 Å². The van der Waals surface area contributed by atoms with Gasteiger partial charge in [0.1, 0.15) is 12.3 Å². The molecule has 0 saturated carbocycles. The molecule has 9 heteroatoms. The molecule has 3 aromatic rings. The van der Waals surface area contributed by atoms with Gasteiger partial charge < -0.3 is 14.8 Å². The second kappa shape index (κ2) is 10.8. The number of carbonyl (C=O) groups is 2. The first-order chi connectivity index (χ1) is 16.3. The Hall–Kier alpha value is -3.85. The molecular formula is C25H26N2O6S. The number of amides is 1. The fourth-order valence-corrected chi connectivity index (χ4v) is 4.77. The molecule has 0 aliphatic rings. The van der Waals surface area contributed by atoms with Crippen molar-refractivity contribution >= 4 is 33.3 Å². The van der Waals surface area contributed by atoms with E-state index in [2.05, 4.69) is 5.32 Å². The standard InChI is InChI=1S/C25H26N2O6S/c1-4-33-25(29)19-14-15-21(18(2)16-19)26-24(28)17-27(22-12-8-9-13-23(22)32-3)34(30,31)20-10-6-5-7-11-20/h5-16H,4,17H2,1-3H3,(H,26,28). The summed E-state index contributed by atoms with van der Waals surface area (Å²) in [6, 6.07) is 19.2. The maximum absolute atomic E-state index is 13.5. The van der Waals surface area contributed by atoms with E-state index in [0.717, 1.165) is 4.31 Å². The smallest absolute Gasteiger partial charge is 0.338 e. The van der Waals surface area contributed by atoms with Crippen molar-refractivity contribution in [2.75, 3.05) is 29.9 Å². The van der Waals surface area contributed by atoms with Gasteiger partial charge in [0.25, 0.3) is 10.0 Å². The van der Waals surface area contributed by atoms with Gasteiger partial charge in [-0.3, -0.25) is 9.10 Å². The van der Waals surface area contributed by atoms with E-state index in [-0.39, 0.29) is 17.2 Å². The molecule has 1 N–H and O–H groups in total. The molecule has 0 radical (unpaired) electrons. The molecule has 0 spiro atoms. The minimum atomic E-state index is -4.08. The molecular weight excluding hydrogens is 456 g/mol. The van der Waals surface area contributed by atoms with E-state index in [0.29, 0.717) is 22.6 Å². The van der Waals surface area contributed by atoms with Gasteiger partial charge in [0.2, 0.25) is 5.91 Å². The maximum Gasteiger partial charge on any atom is 0.338 e. The highest BCUT2D eigenvalue weighted by atomic mass is 32.2. The summed E-state index contributed by atoms with van der Waals surface area (Å²) in [6.45, 7) is 3.22. The minimum absolute atomic E-state index is 0.0451. The molecule has 0 aromatic heterocycles. The van der Waals surface area contributed by atoms with Crippen LogP contribution < -0.4 is 14.4 Å². The van der Waals surface area contributed by atoms with Crippen LogP contribution in [0.15, 0.2) is 77.7 Å². The lowest BCUT2D eigenvalue weighted by Crippen LogP contribution is -2.38. The number of nitrogens with zero attached hydrogens (tertiary/aromatic N) is 1. The number of sulfonamides is 1. The van der Waals surface area contributed by atoms with E-state index in [4.69, 9.17) is 9.47 Å². The summed E-state index contributed by atoms with van der Waals surface area (Å²) >= 11 is 0. The average Bonchev–Trinajstić information content (AvgIpc) is 2.84. The lowest BCUT2D eigenvalue weighted by molar-refractivity contribution is -0.114. The number of nitrogens with one attached hydrogen (secondary N) is 1. The third-order valence-corrected chi connectivity index (χ3v) is 6.76. The van der Waals surface area contributed by atoms with Crippen molar-refractivity contribution in [2.24, 2.45) is 0 Å². The molecule has 34 heavy (non-hydrogen) atoms. The summed E-state index contributed by atoms with van der Waals surface area (Å²) in [5.41, 5.74) is 1.68. The average molecular weight is 483 g/mol. The number of rotatable bonds is 9. The quantitative estimate of drug-likeness (QED) is 0.462. The van der Waals surface area contributed by atoms with E-state index in [1.54, 1.807) is 74.5 Å². The summed E-state index contributed by atoms with van der Waals surface area (Å²) in [4.78, 5) is 25.0. The zero-order valence-electron chi connectivity index (χ0n) is 19.1. The monoisotopic (exact) mass is 482 g/mol. The molecule has 8 nitrogen and oxygen atoms in total. The number of benzene rings is 3. The number of ether oxygens (including phenoxy) is 2. The van der Waals surface area contributed by atoms with Crippen LogP contribution in [0, 0.1) is 6.92 Å². The molecule has 0 saturated heterocycles. The minimum Gasteiger partial charge on any atom is -0.495 e. The van der Waals surface area contributed by atoms with Crippen LogP contribution in [0.5, 0.6) is 5.75 Å². The summed E-state index contributed by atoms with van der Waals surface area (Å²) in [5.74, 6) is -0.707. The number of aryl methyl sites for hydroxylation is 1. The van der Waals surface area contributed by atoms with Crippen LogP contribution in [0.25, 0.3) is 0 Å². The molecule has 0 fully saturated rings. The van der Waals surface area contributed by atoms with Crippen molar-refractivity contribution in [3.8, 4) is 5.75 Å². The molecule has 0 aliphatic carbocycles. The first-order valence-electron chi connectivity index (χ1n) is 10.6. The van der Waals surface area contributed by atoms with E-state index < -0.39 is 28.4 Å². The first kappa shape index (κ1) is 24.8. The Morgan fingerprint density at radius 3 is 2.29 bits per heavy atom. The number of hydrogen-bond acceptors (Lipinski definition) is 6. The summed E-state index contributed by atoms with van der Waals surface area (Å²) in [7, 11) is -2.65. The normalized spacial score (nSPS) is 10.9. The van der Waals surface area contributed by atoms with Gasteiger partial charge in [-0.05, 0) is 61.9 Å².